The van der Waals surface area contributed by atoms with Gasteiger partial charge in [-0.05, 0) is 50.6 Å². The number of pyridine rings is 1. The van der Waals surface area contributed by atoms with Crippen molar-refractivity contribution in [3.63, 3.8) is 0 Å². The molecule has 2 aromatic rings. The molecule has 130 valence electrons. The summed E-state index contributed by atoms with van der Waals surface area (Å²) in [4.78, 5) is 18.7. The second-order valence-electron chi connectivity index (χ2n) is 6.46. The fraction of sp³-hybridized carbons (Fsp3) is 0.444. The highest BCUT2D eigenvalue weighted by atomic mass is 16.1. The number of hydrogen-bond donors (Lipinski definition) is 1. The summed E-state index contributed by atoms with van der Waals surface area (Å²) in [5.41, 5.74) is 1.94. The van der Waals surface area contributed by atoms with Gasteiger partial charge >= 0.3 is 0 Å². The summed E-state index contributed by atoms with van der Waals surface area (Å²) in [5, 5.41) is 16.1. The van der Waals surface area contributed by atoms with Crippen LogP contribution in [0.1, 0.15) is 40.6 Å². The molecule has 0 aliphatic carbocycles. The fourth-order valence-electron chi connectivity index (χ4n) is 3.52. The van der Waals surface area contributed by atoms with Gasteiger partial charge in [-0.2, -0.15) is 10.4 Å². The van der Waals surface area contributed by atoms with Crippen molar-refractivity contribution < 1.29 is 4.79 Å². The van der Waals surface area contributed by atoms with Crippen molar-refractivity contribution in [2.75, 3.05) is 20.1 Å². The van der Waals surface area contributed by atoms with E-state index in [-0.39, 0.29) is 11.9 Å². The Morgan fingerprint density at radius 3 is 2.88 bits per heavy atom. The van der Waals surface area contributed by atoms with Gasteiger partial charge in [-0.15, -0.1) is 0 Å². The van der Waals surface area contributed by atoms with Crippen LogP contribution >= 0.6 is 0 Å². The highest BCUT2D eigenvalue weighted by Crippen LogP contribution is 2.34. The van der Waals surface area contributed by atoms with Crippen LogP contribution in [0.4, 0.5) is 0 Å². The van der Waals surface area contributed by atoms with Gasteiger partial charge in [-0.3, -0.25) is 14.4 Å². The lowest BCUT2D eigenvalue weighted by atomic mass is 9.87. The summed E-state index contributed by atoms with van der Waals surface area (Å²) in [7, 11) is 4.07. The maximum Gasteiger partial charge on any atom is 0.269 e. The molecule has 2 aromatic heterocycles. The zero-order valence-electron chi connectivity index (χ0n) is 14.5. The Balaban J connectivity index is 1.68. The van der Waals surface area contributed by atoms with E-state index in [4.69, 9.17) is 5.26 Å². The lowest BCUT2D eigenvalue weighted by Gasteiger charge is -2.39. The molecule has 1 saturated heterocycles. The average molecular weight is 338 g/mol. The first-order valence-corrected chi connectivity index (χ1v) is 8.42. The smallest absolute Gasteiger partial charge is 0.269 e. The first-order valence-electron chi connectivity index (χ1n) is 8.42. The van der Waals surface area contributed by atoms with Crippen LogP contribution in [0, 0.1) is 17.2 Å². The van der Waals surface area contributed by atoms with Gasteiger partial charge in [0.1, 0.15) is 11.8 Å². The van der Waals surface area contributed by atoms with Gasteiger partial charge in [0.05, 0.1) is 17.3 Å². The van der Waals surface area contributed by atoms with Crippen LogP contribution < -0.4 is 5.32 Å². The zero-order valence-corrected chi connectivity index (χ0v) is 14.5. The molecular formula is C18H22N6O. The van der Waals surface area contributed by atoms with E-state index >= 15 is 0 Å². The van der Waals surface area contributed by atoms with Crippen LogP contribution in [0.3, 0.4) is 0 Å². The average Bonchev–Trinajstić information content (AvgIpc) is 3.05. The molecule has 2 atom stereocenters. The number of aryl methyl sites for hydroxylation is 1. The third-order valence-electron chi connectivity index (χ3n) is 4.82. The van der Waals surface area contributed by atoms with Gasteiger partial charge in [0, 0.05) is 26.0 Å². The van der Waals surface area contributed by atoms with E-state index in [0.29, 0.717) is 23.7 Å². The molecule has 0 radical (unpaired) electrons. The number of carbonyl (C=O) groups excluding carboxylic acids is 1. The van der Waals surface area contributed by atoms with Crippen LogP contribution in [-0.4, -0.2) is 45.7 Å². The Morgan fingerprint density at radius 2 is 2.24 bits per heavy atom. The molecule has 1 aliphatic rings. The van der Waals surface area contributed by atoms with Crippen LogP contribution in [-0.2, 0) is 7.05 Å². The number of nitrogens with zero attached hydrogens (tertiary/aromatic N) is 5. The van der Waals surface area contributed by atoms with Crippen LogP contribution in [0.25, 0.3) is 0 Å². The summed E-state index contributed by atoms with van der Waals surface area (Å²) in [6, 6.07) is 7.47. The van der Waals surface area contributed by atoms with Crippen molar-refractivity contribution in [2.45, 2.75) is 18.9 Å². The van der Waals surface area contributed by atoms with Crippen LogP contribution in [0.2, 0.25) is 0 Å². The van der Waals surface area contributed by atoms with E-state index in [1.165, 1.54) is 6.20 Å². The van der Waals surface area contributed by atoms with Crippen molar-refractivity contribution in [1.82, 2.24) is 25.0 Å². The minimum Gasteiger partial charge on any atom is -0.350 e. The quantitative estimate of drug-likeness (QED) is 0.913. The van der Waals surface area contributed by atoms with Gasteiger partial charge in [0.25, 0.3) is 5.91 Å². The Morgan fingerprint density at radius 1 is 1.40 bits per heavy atom. The molecule has 7 heteroatoms. The maximum atomic E-state index is 12.3. The molecule has 1 aliphatic heterocycles. The molecule has 1 fully saturated rings. The Labute approximate surface area is 147 Å². The highest BCUT2D eigenvalue weighted by molar-refractivity contribution is 5.92. The molecule has 3 heterocycles. The van der Waals surface area contributed by atoms with E-state index in [1.54, 1.807) is 12.1 Å². The number of likely N-dealkylation sites (tertiary alicyclic amines) is 1. The number of amides is 1. The van der Waals surface area contributed by atoms with E-state index < -0.39 is 0 Å². The number of nitrogens with one attached hydrogen (secondary N) is 1. The minimum atomic E-state index is -0.207. The number of nitriles is 1. The third-order valence-corrected chi connectivity index (χ3v) is 4.82. The molecule has 3 rings (SSSR count). The summed E-state index contributed by atoms with van der Waals surface area (Å²) in [5.74, 6) is 0.109. The number of piperidine rings is 1. The van der Waals surface area contributed by atoms with Gasteiger partial charge in [-0.1, -0.05) is 0 Å². The van der Waals surface area contributed by atoms with Gasteiger partial charge in [0.15, 0.2) is 0 Å². The van der Waals surface area contributed by atoms with Crippen molar-refractivity contribution in [3.05, 3.63) is 47.5 Å². The molecule has 25 heavy (non-hydrogen) atoms. The molecule has 7 nitrogen and oxygen atoms in total. The van der Waals surface area contributed by atoms with Gasteiger partial charge in [0.2, 0.25) is 0 Å². The van der Waals surface area contributed by atoms with Crippen molar-refractivity contribution in [2.24, 2.45) is 13.0 Å². The SMILES string of the molecule is CN1CCC[C@@H](CNC(=O)c2ccc(C#N)cn2)[C@@H]1c1ccnn1C. The maximum absolute atomic E-state index is 12.3. The van der Waals surface area contributed by atoms with E-state index in [9.17, 15) is 4.79 Å². The standard InChI is InChI=1S/C18H22N6O/c1-23-9-3-4-14(17(23)16-7-8-22-24(16)2)12-21-18(25)15-6-5-13(10-19)11-20-15/h5-8,11,14,17H,3-4,9,12H2,1-2H3,(H,21,25)/t14-,17+/m0/s1. The molecule has 0 unspecified atom stereocenters. The monoisotopic (exact) mass is 338 g/mol. The fourth-order valence-corrected chi connectivity index (χ4v) is 3.52. The lowest BCUT2D eigenvalue weighted by Crippen LogP contribution is -2.42. The number of carbonyl (C=O) groups is 1. The molecule has 1 amide bonds. The van der Waals surface area contributed by atoms with Crippen LogP contribution in [0.15, 0.2) is 30.6 Å². The van der Waals surface area contributed by atoms with Crippen molar-refractivity contribution in [3.8, 4) is 6.07 Å². The second-order valence-corrected chi connectivity index (χ2v) is 6.46. The van der Waals surface area contributed by atoms with Gasteiger partial charge in [-0.25, -0.2) is 4.98 Å². The molecule has 0 spiro atoms. The highest BCUT2D eigenvalue weighted by Gasteiger charge is 2.32. The minimum absolute atomic E-state index is 0.207. The Kier molecular flexibility index (Phi) is 5.10. The Bertz CT molecular complexity index is 776. The van der Waals surface area contributed by atoms with Crippen molar-refractivity contribution >= 4 is 5.91 Å². The molecule has 0 saturated carbocycles. The Hall–Kier alpha value is -2.72. The summed E-state index contributed by atoms with van der Waals surface area (Å²) in [6.07, 6.45) is 5.40. The predicted molar refractivity (Wildman–Crippen MR) is 92.6 cm³/mol. The number of hydrogen-bond acceptors (Lipinski definition) is 5. The van der Waals surface area contributed by atoms with Gasteiger partial charge < -0.3 is 5.32 Å². The zero-order chi connectivity index (χ0) is 17.8. The van der Waals surface area contributed by atoms with Crippen LogP contribution in [0.5, 0.6) is 0 Å². The van der Waals surface area contributed by atoms with E-state index in [2.05, 4.69) is 27.3 Å². The molecule has 0 bridgehead atoms. The van der Waals surface area contributed by atoms with E-state index in [0.717, 1.165) is 25.1 Å². The second kappa shape index (κ2) is 7.45. The van der Waals surface area contributed by atoms with Crippen molar-refractivity contribution in [1.29, 1.82) is 5.26 Å². The topological polar surface area (TPSA) is 86.8 Å². The first kappa shape index (κ1) is 17.1. The third kappa shape index (κ3) is 3.69. The first-order chi connectivity index (χ1) is 12.1. The number of rotatable bonds is 4. The molecule has 1 N–H and O–H groups in total. The molecular weight excluding hydrogens is 316 g/mol. The molecule has 0 aromatic carbocycles. The normalized spacial score (nSPS) is 20.8. The largest absolute Gasteiger partial charge is 0.350 e. The summed E-state index contributed by atoms with van der Waals surface area (Å²) in [6.45, 7) is 1.62. The summed E-state index contributed by atoms with van der Waals surface area (Å²) < 4.78 is 1.91. The number of aromatic nitrogens is 3. The van der Waals surface area contributed by atoms with E-state index in [1.807, 2.05) is 30.1 Å². The lowest BCUT2D eigenvalue weighted by molar-refractivity contribution is 0.0876. The summed E-state index contributed by atoms with van der Waals surface area (Å²) >= 11 is 0. The predicted octanol–water partition coefficient (Wildman–Crippen LogP) is 1.50.